The summed E-state index contributed by atoms with van der Waals surface area (Å²) in [6, 6.07) is 5.65. The van der Waals surface area contributed by atoms with E-state index in [0.29, 0.717) is 10.7 Å². The molecule has 0 N–H and O–H groups in total. The van der Waals surface area contributed by atoms with Crippen molar-refractivity contribution >= 4 is 35.0 Å². The lowest BCUT2D eigenvalue weighted by Crippen LogP contribution is -2.44. The summed E-state index contributed by atoms with van der Waals surface area (Å²) in [7, 11) is 0. The predicted octanol–water partition coefficient (Wildman–Crippen LogP) is 2.01. The molecule has 5 nitrogen and oxygen atoms in total. The smallest absolute Gasteiger partial charge is 0.257 e. The first-order valence-corrected chi connectivity index (χ1v) is 6.84. The van der Waals surface area contributed by atoms with Gasteiger partial charge in [-0.15, -0.1) is 6.58 Å². The van der Waals surface area contributed by atoms with Crippen LogP contribution in [0, 0.1) is 0 Å². The highest BCUT2D eigenvalue weighted by atomic mass is 35.5. The van der Waals surface area contributed by atoms with Gasteiger partial charge in [-0.2, -0.15) is 0 Å². The molecule has 0 aliphatic carbocycles. The fourth-order valence-electron chi connectivity index (χ4n) is 2.34. The van der Waals surface area contributed by atoms with E-state index in [4.69, 9.17) is 11.6 Å². The van der Waals surface area contributed by atoms with Gasteiger partial charge in [-0.1, -0.05) is 17.7 Å². The minimum Gasteiger partial charge on any atom is -0.327 e. The van der Waals surface area contributed by atoms with E-state index in [-0.39, 0.29) is 24.8 Å². The number of carbonyl (C=O) groups is 3. The summed E-state index contributed by atoms with van der Waals surface area (Å²) in [6.07, 6.45) is 1.51. The largest absolute Gasteiger partial charge is 0.327 e. The molecule has 1 aromatic rings. The van der Waals surface area contributed by atoms with Gasteiger partial charge in [-0.05, 0) is 24.3 Å². The summed E-state index contributed by atoms with van der Waals surface area (Å²) in [5, 5.41) is 0.520. The van der Waals surface area contributed by atoms with E-state index in [1.165, 1.54) is 17.9 Å². The third-order valence-corrected chi connectivity index (χ3v) is 3.57. The fourth-order valence-corrected chi connectivity index (χ4v) is 2.46. The van der Waals surface area contributed by atoms with E-state index in [0.717, 1.165) is 4.90 Å². The first kappa shape index (κ1) is 15.3. The van der Waals surface area contributed by atoms with Crippen LogP contribution in [0.3, 0.4) is 0 Å². The molecule has 1 unspecified atom stereocenters. The molecule has 0 aromatic heterocycles. The Kier molecular flexibility index (Phi) is 4.43. The van der Waals surface area contributed by atoms with Crippen molar-refractivity contribution < 1.29 is 14.4 Å². The lowest BCUT2D eigenvalue weighted by Gasteiger charge is -2.25. The number of carbonyl (C=O) groups excluding carboxylic acids is 3. The van der Waals surface area contributed by atoms with Gasteiger partial charge in [0.25, 0.3) is 5.91 Å². The Balaban J connectivity index is 2.29. The number of hydrogen-bond donors (Lipinski definition) is 0. The van der Waals surface area contributed by atoms with Crippen LogP contribution in [0.1, 0.15) is 13.3 Å². The van der Waals surface area contributed by atoms with E-state index in [9.17, 15) is 14.4 Å². The molecule has 0 saturated carbocycles. The average Bonchev–Trinajstić information content (AvgIpc) is 2.72. The van der Waals surface area contributed by atoms with Gasteiger partial charge in [-0.25, -0.2) is 4.90 Å². The number of nitrogens with zero attached hydrogens (tertiary/aromatic N) is 2. The zero-order chi connectivity index (χ0) is 15.6. The molecule has 2 rings (SSSR count). The van der Waals surface area contributed by atoms with Crippen LogP contribution in [-0.2, 0) is 14.4 Å². The number of rotatable bonds is 4. The lowest BCUT2D eigenvalue weighted by molar-refractivity contribution is -0.135. The highest BCUT2D eigenvalue weighted by molar-refractivity contribution is 6.30. The van der Waals surface area contributed by atoms with Crippen LogP contribution >= 0.6 is 11.6 Å². The monoisotopic (exact) mass is 306 g/mol. The van der Waals surface area contributed by atoms with E-state index >= 15 is 0 Å². The molecule has 3 amide bonds. The van der Waals surface area contributed by atoms with Gasteiger partial charge in [0.05, 0.1) is 12.1 Å². The van der Waals surface area contributed by atoms with Crippen LogP contribution in [0.25, 0.3) is 0 Å². The van der Waals surface area contributed by atoms with Gasteiger partial charge in [0.1, 0.15) is 6.04 Å². The first-order chi connectivity index (χ1) is 9.95. The van der Waals surface area contributed by atoms with Crippen LogP contribution in [-0.4, -0.2) is 35.2 Å². The number of imide groups is 1. The van der Waals surface area contributed by atoms with Crippen LogP contribution in [0.5, 0.6) is 0 Å². The first-order valence-electron chi connectivity index (χ1n) is 6.46. The Bertz CT molecular complexity index is 597. The molecule has 1 aliphatic heterocycles. The van der Waals surface area contributed by atoms with Gasteiger partial charge >= 0.3 is 0 Å². The van der Waals surface area contributed by atoms with Crippen molar-refractivity contribution in [1.29, 1.82) is 0 Å². The molecule has 1 aliphatic rings. The van der Waals surface area contributed by atoms with Gasteiger partial charge in [0, 0.05) is 18.5 Å². The minimum atomic E-state index is -0.774. The molecular formula is C15H15ClN2O3. The second-order valence-electron chi connectivity index (χ2n) is 4.72. The Morgan fingerprint density at radius 1 is 1.43 bits per heavy atom. The third kappa shape index (κ3) is 2.97. The molecule has 0 radical (unpaired) electrons. The summed E-state index contributed by atoms with van der Waals surface area (Å²) in [6.45, 7) is 5.16. The summed E-state index contributed by atoms with van der Waals surface area (Å²) in [4.78, 5) is 38.7. The maximum Gasteiger partial charge on any atom is 0.257 e. The molecule has 1 atom stereocenters. The molecule has 0 spiro atoms. The predicted molar refractivity (Wildman–Crippen MR) is 79.9 cm³/mol. The molecule has 1 heterocycles. The Morgan fingerprint density at radius 3 is 2.57 bits per heavy atom. The molecular weight excluding hydrogens is 292 g/mol. The average molecular weight is 307 g/mol. The van der Waals surface area contributed by atoms with Crippen molar-refractivity contribution in [2.24, 2.45) is 0 Å². The minimum absolute atomic E-state index is 0.0190. The third-order valence-electron chi connectivity index (χ3n) is 3.31. The molecule has 1 saturated heterocycles. The number of amides is 3. The van der Waals surface area contributed by atoms with Crippen LogP contribution < -0.4 is 4.90 Å². The number of benzene rings is 1. The SMILES string of the molecule is C=CCN(C(C)=O)C1CC(=O)N(c2ccc(Cl)cc2)C1=O. The summed E-state index contributed by atoms with van der Waals surface area (Å²) in [5.41, 5.74) is 0.457. The van der Waals surface area contributed by atoms with Crippen molar-refractivity contribution in [2.75, 3.05) is 11.4 Å². The second kappa shape index (κ2) is 6.10. The van der Waals surface area contributed by atoms with E-state index in [2.05, 4.69) is 6.58 Å². The van der Waals surface area contributed by atoms with Crippen molar-refractivity contribution in [3.05, 3.63) is 41.9 Å². The van der Waals surface area contributed by atoms with Gasteiger partial charge < -0.3 is 4.90 Å². The van der Waals surface area contributed by atoms with E-state index < -0.39 is 11.9 Å². The maximum atomic E-state index is 12.5. The van der Waals surface area contributed by atoms with E-state index in [1.807, 2.05) is 0 Å². The van der Waals surface area contributed by atoms with Crippen LogP contribution in [0.4, 0.5) is 5.69 Å². The number of hydrogen-bond acceptors (Lipinski definition) is 3. The summed E-state index contributed by atoms with van der Waals surface area (Å²) < 4.78 is 0. The summed E-state index contributed by atoms with van der Waals surface area (Å²) in [5.74, 6) is -0.999. The van der Waals surface area contributed by atoms with Crippen LogP contribution in [0.2, 0.25) is 5.02 Å². The quantitative estimate of drug-likeness (QED) is 0.631. The van der Waals surface area contributed by atoms with Crippen LogP contribution in [0.15, 0.2) is 36.9 Å². The summed E-state index contributed by atoms with van der Waals surface area (Å²) >= 11 is 5.80. The second-order valence-corrected chi connectivity index (χ2v) is 5.16. The fraction of sp³-hybridized carbons (Fsp3) is 0.267. The zero-order valence-electron chi connectivity index (χ0n) is 11.6. The Labute approximate surface area is 127 Å². The molecule has 1 fully saturated rings. The van der Waals surface area contributed by atoms with Crippen molar-refractivity contribution in [1.82, 2.24) is 4.90 Å². The maximum absolute atomic E-state index is 12.5. The highest BCUT2D eigenvalue weighted by Crippen LogP contribution is 2.26. The standard InChI is InChI=1S/C15H15ClN2O3/c1-3-8-17(10(2)19)13-9-14(20)18(15(13)21)12-6-4-11(16)5-7-12/h3-7,13H,1,8-9H2,2H3. The highest BCUT2D eigenvalue weighted by Gasteiger charge is 2.43. The van der Waals surface area contributed by atoms with Gasteiger partial charge in [0.15, 0.2) is 0 Å². The van der Waals surface area contributed by atoms with Gasteiger partial charge in [0.2, 0.25) is 11.8 Å². The number of anilines is 1. The molecule has 110 valence electrons. The molecule has 1 aromatic carbocycles. The Morgan fingerprint density at radius 2 is 2.05 bits per heavy atom. The molecule has 21 heavy (non-hydrogen) atoms. The normalized spacial score (nSPS) is 18.0. The topological polar surface area (TPSA) is 57.7 Å². The Hall–Kier alpha value is -2.14. The van der Waals surface area contributed by atoms with Crippen molar-refractivity contribution in [3.63, 3.8) is 0 Å². The van der Waals surface area contributed by atoms with Gasteiger partial charge in [-0.3, -0.25) is 14.4 Å². The number of halogens is 1. The van der Waals surface area contributed by atoms with Crippen molar-refractivity contribution in [3.8, 4) is 0 Å². The van der Waals surface area contributed by atoms with E-state index in [1.54, 1.807) is 24.3 Å². The molecule has 0 bridgehead atoms. The van der Waals surface area contributed by atoms with Crippen molar-refractivity contribution in [2.45, 2.75) is 19.4 Å². The lowest BCUT2D eigenvalue weighted by atomic mass is 10.2. The zero-order valence-corrected chi connectivity index (χ0v) is 12.3. The molecule has 6 heteroatoms.